The largest absolute Gasteiger partial charge is 0.347 e. The number of thioether (sulfide) groups is 1. The van der Waals surface area contributed by atoms with E-state index in [4.69, 9.17) is 0 Å². The molecule has 3 amide bonds. The van der Waals surface area contributed by atoms with Crippen LogP contribution in [0.5, 0.6) is 0 Å². The Hall–Kier alpha value is -2.06. The fraction of sp³-hybridized carbons (Fsp3) is 0.609. The fourth-order valence-corrected chi connectivity index (χ4v) is 5.30. The van der Waals surface area contributed by atoms with Crippen LogP contribution >= 0.6 is 11.8 Å². The molecule has 0 bridgehead atoms. The van der Waals surface area contributed by atoms with Gasteiger partial charge in [-0.25, -0.2) is 0 Å². The van der Waals surface area contributed by atoms with Gasteiger partial charge >= 0.3 is 0 Å². The maximum absolute atomic E-state index is 13.3. The smallest absolute Gasteiger partial charge is 0.253 e. The van der Waals surface area contributed by atoms with Crippen molar-refractivity contribution in [2.75, 3.05) is 19.3 Å². The van der Waals surface area contributed by atoms with E-state index in [2.05, 4.69) is 28.1 Å². The SMILES string of the molecule is CNC(C)C(=O)NC(C(=O)N1CCSC1C(=O)NC1CCCc2ccccc21)C(C)C. The van der Waals surface area contributed by atoms with Gasteiger partial charge in [-0.2, -0.15) is 0 Å². The predicted octanol–water partition coefficient (Wildman–Crippen LogP) is 1.83. The monoisotopic (exact) mass is 446 g/mol. The summed E-state index contributed by atoms with van der Waals surface area (Å²) in [5.74, 6) is 0.0774. The number of fused-ring (bicyclic) bond motifs is 1. The zero-order valence-electron chi connectivity index (χ0n) is 18.8. The van der Waals surface area contributed by atoms with Crippen LogP contribution in [-0.2, 0) is 20.8 Å². The summed E-state index contributed by atoms with van der Waals surface area (Å²) in [6.45, 7) is 6.07. The zero-order chi connectivity index (χ0) is 22.5. The number of hydrogen-bond acceptors (Lipinski definition) is 5. The van der Waals surface area contributed by atoms with E-state index in [0.29, 0.717) is 12.3 Å². The maximum atomic E-state index is 13.3. The molecule has 0 spiro atoms. The first kappa shape index (κ1) is 23.6. The quantitative estimate of drug-likeness (QED) is 0.595. The van der Waals surface area contributed by atoms with E-state index < -0.39 is 17.5 Å². The first-order chi connectivity index (χ1) is 14.8. The first-order valence-corrected chi connectivity index (χ1v) is 12.2. The molecule has 1 aliphatic carbocycles. The fourth-order valence-electron chi connectivity index (χ4n) is 4.16. The molecule has 0 radical (unpaired) electrons. The summed E-state index contributed by atoms with van der Waals surface area (Å²) >= 11 is 1.48. The third-order valence-electron chi connectivity index (χ3n) is 6.14. The third-order valence-corrected chi connectivity index (χ3v) is 7.34. The van der Waals surface area contributed by atoms with Gasteiger partial charge in [-0.1, -0.05) is 38.1 Å². The number of likely N-dealkylation sites (N-methyl/N-ethyl adjacent to an activating group) is 1. The summed E-state index contributed by atoms with van der Waals surface area (Å²) in [6, 6.07) is 7.16. The van der Waals surface area contributed by atoms with Gasteiger partial charge in [0.05, 0.1) is 12.1 Å². The number of hydrogen-bond donors (Lipinski definition) is 3. The lowest BCUT2D eigenvalue weighted by molar-refractivity contribution is -0.141. The molecule has 170 valence electrons. The molecule has 1 saturated heterocycles. The molecule has 7 nitrogen and oxygen atoms in total. The molecule has 3 N–H and O–H groups in total. The van der Waals surface area contributed by atoms with E-state index >= 15 is 0 Å². The van der Waals surface area contributed by atoms with Gasteiger partial charge < -0.3 is 20.9 Å². The molecule has 0 saturated carbocycles. The number of rotatable bonds is 7. The van der Waals surface area contributed by atoms with Crippen LogP contribution in [0.1, 0.15) is 50.8 Å². The number of carbonyl (C=O) groups excluding carboxylic acids is 3. The number of nitrogens with one attached hydrogen (secondary N) is 3. The molecule has 8 heteroatoms. The average molecular weight is 447 g/mol. The van der Waals surface area contributed by atoms with E-state index in [0.717, 1.165) is 19.3 Å². The van der Waals surface area contributed by atoms with Crippen molar-refractivity contribution in [3.63, 3.8) is 0 Å². The standard InChI is InChI=1S/C23H34N4O3S/c1-14(2)19(26-20(28)15(3)24-4)22(30)27-12-13-31-23(27)21(29)25-18-11-7-9-16-8-5-6-10-17(16)18/h5-6,8,10,14-15,18-19,23-24H,7,9,11-13H2,1-4H3,(H,25,29)(H,26,28). The summed E-state index contributed by atoms with van der Waals surface area (Å²) < 4.78 is 0. The zero-order valence-corrected chi connectivity index (χ0v) is 19.6. The number of nitrogens with zero attached hydrogens (tertiary/aromatic N) is 1. The molecular weight excluding hydrogens is 412 g/mol. The van der Waals surface area contributed by atoms with Gasteiger partial charge in [-0.3, -0.25) is 14.4 Å². The van der Waals surface area contributed by atoms with Crippen LogP contribution in [0.2, 0.25) is 0 Å². The van der Waals surface area contributed by atoms with Crippen LogP contribution in [-0.4, -0.2) is 59.4 Å². The van der Waals surface area contributed by atoms with Crippen molar-refractivity contribution < 1.29 is 14.4 Å². The van der Waals surface area contributed by atoms with Gasteiger partial charge in [0, 0.05) is 12.3 Å². The topological polar surface area (TPSA) is 90.5 Å². The van der Waals surface area contributed by atoms with Crippen LogP contribution in [0.15, 0.2) is 24.3 Å². The molecular formula is C23H34N4O3S. The minimum absolute atomic E-state index is 0.0207. The van der Waals surface area contributed by atoms with Crippen LogP contribution in [0.3, 0.4) is 0 Å². The lowest BCUT2D eigenvalue weighted by Gasteiger charge is -2.32. The second-order valence-electron chi connectivity index (χ2n) is 8.65. The van der Waals surface area contributed by atoms with Gasteiger partial charge in [-0.05, 0) is 50.3 Å². The summed E-state index contributed by atoms with van der Waals surface area (Å²) in [6.07, 6.45) is 2.97. The first-order valence-electron chi connectivity index (χ1n) is 11.1. The van der Waals surface area contributed by atoms with Crippen molar-refractivity contribution in [1.29, 1.82) is 0 Å². The summed E-state index contributed by atoms with van der Waals surface area (Å²) in [5.41, 5.74) is 2.46. The van der Waals surface area contributed by atoms with Crippen molar-refractivity contribution in [3.8, 4) is 0 Å². The highest BCUT2D eigenvalue weighted by atomic mass is 32.2. The highest BCUT2D eigenvalue weighted by Gasteiger charge is 2.40. The van der Waals surface area contributed by atoms with Gasteiger partial charge in [0.1, 0.15) is 6.04 Å². The van der Waals surface area contributed by atoms with Crippen LogP contribution < -0.4 is 16.0 Å². The highest BCUT2D eigenvalue weighted by molar-refractivity contribution is 8.00. The second kappa shape index (κ2) is 10.5. The summed E-state index contributed by atoms with van der Waals surface area (Å²) in [5, 5.41) is 8.38. The molecule has 1 heterocycles. The van der Waals surface area contributed by atoms with Crippen LogP contribution in [0.25, 0.3) is 0 Å². The van der Waals surface area contributed by atoms with Gasteiger partial charge in [-0.15, -0.1) is 11.8 Å². The Morgan fingerprint density at radius 1 is 1.16 bits per heavy atom. The van der Waals surface area contributed by atoms with Crippen molar-refractivity contribution >= 4 is 29.5 Å². The molecule has 1 aromatic rings. The Balaban J connectivity index is 1.70. The minimum atomic E-state index is -0.660. The lowest BCUT2D eigenvalue weighted by atomic mass is 9.88. The Labute approximate surface area is 189 Å². The van der Waals surface area contributed by atoms with E-state index in [1.807, 2.05) is 26.0 Å². The van der Waals surface area contributed by atoms with E-state index in [-0.39, 0.29) is 29.7 Å². The highest BCUT2D eigenvalue weighted by Crippen LogP contribution is 2.31. The predicted molar refractivity (Wildman–Crippen MR) is 124 cm³/mol. The molecule has 1 aromatic carbocycles. The molecule has 4 unspecified atom stereocenters. The molecule has 31 heavy (non-hydrogen) atoms. The molecule has 0 aromatic heterocycles. The van der Waals surface area contributed by atoms with Crippen LogP contribution in [0.4, 0.5) is 0 Å². The Morgan fingerprint density at radius 3 is 2.61 bits per heavy atom. The van der Waals surface area contributed by atoms with Crippen molar-refractivity contribution in [1.82, 2.24) is 20.9 Å². The van der Waals surface area contributed by atoms with E-state index in [1.54, 1.807) is 18.9 Å². The Kier molecular flexibility index (Phi) is 8.00. The Morgan fingerprint density at radius 2 is 1.90 bits per heavy atom. The minimum Gasteiger partial charge on any atom is -0.347 e. The van der Waals surface area contributed by atoms with E-state index in [1.165, 1.54) is 22.9 Å². The molecule has 3 rings (SSSR count). The number of aryl methyl sites for hydroxylation is 1. The summed E-state index contributed by atoms with van der Waals surface area (Å²) in [7, 11) is 1.71. The van der Waals surface area contributed by atoms with Gasteiger partial charge in [0.2, 0.25) is 11.8 Å². The second-order valence-corrected chi connectivity index (χ2v) is 9.84. The van der Waals surface area contributed by atoms with Gasteiger partial charge in [0.15, 0.2) is 5.37 Å². The van der Waals surface area contributed by atoms with E-state index in [9.17, 15) is 14.4 Å². The Bertz CT molecular complexity index is 816. The number of carbonyl (C=O) groups is 3. The molecule has 1 fully saturated rings. The number of benzene rings is 1. The average Bonchev–Trinajstić information content (AvgIpc) is 3.26. The van der Waals surface area contributed by atoms with Gasteiger partial charge in [0.25, 0.3) is 5.91 Å². The normalized spacial score (nSPS) is 22.5. The van der Waals surface area contributed by atoms with Crippen molar-refractivity contribution in [2.45, 2.75) is 63.5 Å². The molecule has 4 atom stereocenters. The lowest BCUT2D eigenvalue weighted by Crippen LogP contribution is -2.57. The molecule has 2 aliphatic rings. The summed E-state index contributed by atoms with van der Waals surface area (Å²) in [4.78, 5) is 40.5. The third kappa shape index (κ3) is 5.41. The van der Waals surface area contributed by atoms with Crippen molar-refractivity contribution in [3.05, 3.63) is 35.4 Å². The maximum Gasteiger partial charge on any atom is 0.253 e. The van der Waals surface area contributed by atoms with Crippen molar-refractivity contribution in [2.24, 2.45) is 5.92 Å². The van der Waals surface area contributed by atoms with Crippen LogP contribution in [0, 0.1) is 5.92 Å². The number of amides is 3. The molecule has 1 aliphatic heterocycles.